The molecule has 0 aliphatic carbocycles. The minimum atomic E-state index is -0.0690. The zero-order chi connectivity index (χ0) is 18.1. The predicted octanol–water partition coefficient (Wildman–Crippen LogP) is 2.44. The Bertz CT molecular complexity index is 581. The van der Waals surface area contributed by atoms with E-state index in [9.17, 15) is 4.79 Å². The van der Waals surface area contributed by atoms with Gasteiger partial charge in [0.25, 0.3) is 0 Å². The molecule has 1 fully saturated rings. The molecule has 138 valence electrons. The molecule has 6 nitrogen and oxygen atoms in total. The van der Waals surface area contributed by atoms with Gasteiger partial charge in [-0.3, -0.25) is 4.79 Å². The first-order valence-electron chi connectivity index (χ1n) is 9.00. The fraction of sp³-hybridized carbons (Fsp3) is 0.579. The van der Waals surface area contributed by atoms with Gasteiger partial charge in [0.05, 0.1) is 26.2 Å². The average Bonchev–Trinajstić information content (AvgIpc) is 2.65. The van der Waals surface area contributed by atoms with Crippen molar-refractivity contribution in [3.63, 3.8) is 0 Å². The Labute approximate surface area is 150 Å². The normalized spacial score (nSPS) is 15.8. The zero-order valence-corrected chi connectivity index (χ0v) is 15.5. The van der Waals surface area contributed by atoms with Crippen LogP contribution in [-0.2, 0) is 16.1 Å². The van der Waals surface area contributed by atoms with Gasteiger partial charge >= 0.3 is 5.97 Å². The standard InChI is InChI=1S/C19H29N3O3/c1-4-20-19(21-14-15-7-6-8-17(13-15)24-3)22-11-9-16(10-12-22)18(23)25-5-2/h6-8,13,16H,4-5,9-12,14H2,1-3H3,(H,20,21). The van der Waals surface area contributed by atoms with Gasteiger partial charge in [-0.15, -0.1) is 0 Å². The highest BCUT2D eigenvalue weighted by Crippen LogP contribution is 2.19. The monoisotopic (exact) mass is 347 g/mol. The van der Waals surface area contributed by atoms with E-state index in [2.05, 4.69) is 17.1 Å². The molecule has 0 aromatic heterocycles. The topological polar surface area (TPSA) is 63.2 Å². The van der Waals surface area contributed by atoms with Gasteiger partial charge in [0, 0.05) is 19.6 Å². The number of guanidine groups is 1. The predicted molar refractivity (Wildman–Crippen MR) is 98.7 cm³/mol. The number of carbonyl (C=O) groups is 1. The summed E-state index contributed by atoms with van der Waals surface area (Å²) in [6, 6.07) is 7.95. The van der Waals surface area contributed by atoms with Crippen LogP contribution >= 0.6 is 0 Å². The molecule has 6 heteroatoms. The third kappa shape index (κ3) is 5.66. The molecular weight excluding hydrogens is 318 g/mol. The largest absolute Gasteiger partial charge is 0.497 e. The van der Waals surface area contributed by atoms with Crippen molar-refractivity contribution >= 4 is 11.9 Å². The summed E-state index contributed by atoms with van der Waals surface area (Å²) in [5, 5.41) is 3.35. The Morgan fingerprint density at radius 2 is 2.08 bits per heavy atom. The molecule has 1 aromatic rings. The fourth-order valence-corrected chi connectivity index (χ4v) is 2.95. The highest BCUT2D eigenvalue weighted by atomic mass is 16.5. The number of likely N-dealkylation sites (tertiary alicyclic amines) is 1. The number of benzene rings is 1. The molecule has 0 amide bonds. The quantitative estimate of drug-likeness (QED) is 0.486. The zero-order valence-electron chi connectivity index (χ0n) is 15.5. The van der Waals surface area contributed by atoms with Crippen LogP contribution in [0.3, 0.4) is 0 Å². The molecular formula is C19H29N3O3. The number of nitrogens with one attached hydrogen (secondary N) is 1. The van der Waals surface area contributed by atoms with Crippen LogP contribution in [-0.4, -0.2) is 50.2 Å². The van der Waals surface area contributed by atoms with Crippen LogP contribution < -0.4 is 10.1 Å². The lowest BCUT2D eigenvalue weighted by Crippen LogP contribution is -2.46. The summed E-state index contributed by atoms with van der Waals surface area (Å²) in [6.07, 6.45) is 1.62. The molecule has 0 spiro atoms. The lowest BCUT2D eigenvalue weighted by atomic mass is 9.97. The Kier molecular flexibility index (Phi) is 7.57. The number of carbonyl (C=O) groups excluding carboxylic acids is 1. The number of ether oxygens (including phenoxy) is 2. The van der Waals surface area contributed by atoms with Crippen molar-refractivity contribution in [1.29, 1.82) is 0 Å². The van der Waals surface area contributed by atoms with E-state index >= 15 is 0 Å². The van der Waals surface area contributed by atoms with Crippen molar-refractivity contribution in [2.45, 2.75) is 33.2 Å². The number of hydrogen-bond acceptors (Lipinski definition) is 4. The summed E-state index contributed by atoms with van der Waals surface area (Å²) in [7, 11) is 1.67. The van der Waals surface area contributed by atoms with Gasteiger partial charge < -0.3 is 19.7 Å². The van der Waals surface area contributed by atoms with Gasteiger partial charge in [-0.05, 0) is 44.4 Å². The summed E-state index contributed by atoms with van der Waals surface area (Å²) in [5.74, 6) is 1.68. The van der Waals surface area contributed by atoms with Crippen LogP contribution in [0.15, 0.2) is 29.3 Å². The molecule has 1 heterocycles. The second-order valence-corrected chi connectivity index (χ2v) is 6.04. The Hall–Kier alpha value is -2.24. The van der Waals surface area contributed by atoms with E-state index in [1.165, 1.54) is 0 Å². The van der Waals surface area contributed by atoms with E-state index in [0.717, 1.165) is 49.7 Å². The molecule has 0 saturated carbocycles. The maximum absolute atomic E-state index is 11.9. The van der Waals surface area contributed by atoms with Crippen LogP contribution in [0, 0.1) is 5.92 Å². The Morgan fingerprint density at radius 3 is 2.72 bits per heavy atom. The number of aliphatic imine (C=N–C) groups is 1. The Balaban J connectivity index is 1.97. The first-order chi connectivity index (χ1) is 12.2. The fourth-order valence-electron chi connectivity index (χ4n) is 2.95. The molecule has 0 bridgehead atoms. The summed E-state index contributed by atoms with van der Waals surface area (Å²) >= 11 is 0. The summed E-state index contributed by atoms with van der Waals surface area (Å²) in [6.45, 7) is 7.39. The molecule has 1 aliphatic rings. The van der Waals surface area contributed by atoms with Crippen LogP contribution in [0.1, 0.15) is 32.3 Å². The van der Waals surface area contributed by atoms with Gasteiger partial charge in [-0.1, -0.05) is 12.1 Å². The van der Waals surface area contributed by atoms with Gasteiger partial charge in [0.15, 0.2) is 5.96 Å². The van der Waals surface area contributed by atoms with Crippen LogP contribution in [0.2, 0.25) is 0 Å². The summed E-state index contributed by atoms with van der Waals surface area (Å²) in [4.78, 5) is 18.8. The first kappa shape index (κ1) is 19.1. The third-order valence-corrected chi connectivity index (χ3v) is 4.29. The van der Waals surface area contributed by atoms with E-state index in [0.29, 0.717) is 13.2 Å². The average molecular weight is 347 g/mol. The van der Waals surface area contributed by atoms with E-state index in [4.69, 9.17) is 14.5 Å². The van der Waals surface area contributed by atoms with Crippen LogP contribution in [0.25, 0.3) is 0 Å². The van der Waals surface area contributed by atoms with E-state index in [1.807, 2.05) is 31.2 Å². The molecule has 1 aliphatic heterocycles. The second-order valence-electron chi connectivity index (χ2n) is 6.04. The smallest absolute Gasteiger partial charge is 0.309 e. The SMILES string of the molecule is CCNC(=NCc1cccc(OC)c1)N1CCC(C(=O)OCC)CC1. The number of piperidine rings is 1. The molecule has 0 atom stereocenters. The minimum absolute atomic E-state index is 0.0115. The van der Waals surface area contributed by atoms with E-state index < -0.39 is 0 Å². The number of methoxy groups -OCH3 is 1. The lowest BCUT2D eigenvalue weighted by Gasteiger charge is -2.33. The maximum Gasteiger partial charge on any atom is 0.309 e. The Morgan fingerprint density at radius 1 is 1.32 bits per heavy atom. The summed E-state index contributed by atoms with van der Waals surface area (Å²) in [5.41, 5.74) is 1.11. The van der Waals surface area contributed by atoms with Crippen LogP contribution in [0.5, 0.6) is 5.75 Å². The molecule has 25 heavy (non-hydrogen) atoms. The van der Waals surface area contributed by atoms with Crippen molar-refractivity contribution in [3.8, 4) is 5.75 Å². The van der Waals surface area contributed by atoms with Crippen molar-refractivity contribution in [1.82, 2.24) is 10.2 Å². The number of nitrogens with zero attached hydrogens (tertiary/aromatic N) is 2. The van der Waals surface area contributed by atoms with E-state index in [1.54, 1.807) is 7.11 Å². The molecule has 2 rings (SSSR count). The highest BCUT2D eigenvalue weighted by Gasteiger charge is 2.27. The van der Waals surface area contributed by atoms with Crippen molar-refractivity contribution in [2.75, 3.05) is 33.4 Å². The van der Waals surface area contributed by atoms with Crippen molar-refractivity contribution in [3.05, 3.63) is 29.8 Å². The molecule has 0 radical (unpaired) electrons. The number of esters is 1. The summed E-state index contributed by atoms with van der Waals surface area (Å²) < 4.78 is 10.4. The van der Waals surface area contributed by atoms with E-state index in [-0.39, 0.29) is 11.9 Å². The number of rotatable bonds is 6. The molecule has 1 saturated heterocycles. The molecule has 0 unspecified atom stereocenters. The van der Waals surface area contributed by atoms with Gasteiger partial charge in [0.2, 0.25) is 0 Å². The van der Waals surface area contributed by atoms with Gasteiger partial charge in [-0.2, -0.15) is 0 Å². The minimum Gasteiger partial charge on any atom is -0.497 e. The van der Waals surface area contributed by atoms with Gasteiger partial charge in [0.1, 0.15) is 5.75 Å². The highest BCUT2D eigenvalue weighted by molar-refractivity contribution is 5.80. The second kappa shape index (κ2) is 9.91. The van der Waals surface area contributed by atoms with Crippen molar-refractivity contribution < 1.29 is 14.3 Å². The third-order valence-electron chi connectivity index (χ3n) is 4.29. The molecule has 1 N–H and O–H groups in total. The molecule has 1 aromatic carbocycles. The van der Waals surface area contributed by atoms with Crippen molar-refractivity contribution in [2.24, 2.45) is 10.9 Å². The lowest BCUT2D eigenvalue weighted by molar-refractivity contribution is -0.149. The number of hydrogen-bond donors (Lipinski definition) is 1. The first-order valence-corrected chi connectivity index (χ1v) is 9.00. The maximum atomic E-state index is 11.9. The van der Waals surface area contributed by atoms with Gasteiger partial charge in [-0.25, -0.2) is 4.99 Å². The van der Waals surface area contributed by atoms with Crippen LogP contribution in [0.4, 0.5) is 0 Å².